The summed E-state index contributed by atoms with van der Waals surface area (Å²) in [6, 6.07) is 12.5. The number of hydrogen-bond acceptors (Lipinski definition) is 5. The average molecular weight is 605 g/mol. The highest BCUT2D eigenvalue weighted by Crippen LogP contribution is 2.42. The molecule has 6 heteroatoms. The van der Waals surface area contributed by atoms with Crippen LogP contribution >= 0.6 is 0 Å². The first-order chi connectivity index (χ1) is 20.3. The predicted molar refractivity (Wildman–Crippen MR) is 182 cm³/mol. The summed E-state index contributed by atoms with van der Waals surface area (Å²) in [6.45, 7) is 23.8. The molecule has 0 bridgehead atoms. The number of aliphatic hydroxyl groups is 1. The van der Waals surface area contributed by atoms with Crippen molar-refractivity contribution in [3.05, 3.63) is 70.0 Å². The molecule has 242 valence electrons. The fraction of sp³-hybridized carbons (Fsp3) is 0.579. The molecule has 0 saturated carbocycles. The lowest BCUT2D eigenvalue weighted by Crippen LogP contribution is -2.40. The molecule has 2 N–H and O–H groups in total. The van der Waals surface area contributed by atoms with E-state index in [2.05, 4.69) is 105 Å². The summed E-state index contributed by atoms with van der Waals surface area (Å²) >= 11 is 0. The molecule has 2 aromatic carbocycles. The minimum atomic E-state index is -0.571. The van der Waals surface area contributed by atoms with Crippen LogP contribution in [0, 0.1) is 5.41 Å². The number of aliphatic hydroxyl groups excluding tert-OH is 1. The van der Waals surface area contributed by atoms with E-state index in [1.807, 2.05) is 12.1 Å². The number of carbonyl (C=O) groups excluding carboxylic acids is 1. The van der Waals surface area contributed by atoms with E-state index in [0.29, 0.717) is 18.1 Å². The topological polar surface area (TPSA) is 82.4 Å². The van der Waals surface area contributed by atoms with Crippen LogP contribution in [0.5, 0.6) is 5.75 Å². The normalized spacial score (nSPS) is 15.5. The molecule has 0 spiro atoms. The molecule has 0 amide bonds. The van der Waals surface area contributed by atoms with E-state index in [1.54, 1.807) is 0 Å². The lowest BCUT2D eigenvalue weighted by Gasteiger charge is -2.33. The Morgan fingerprint density at radius 2 is 1.45 bits per heavy atom. The second-order valence-corrected chi connectivity index (χ2v) is 15.7. The smallest absolute Gasteiger partial charge is 0.345 e. The fourth-order valence-electron chi connectivity index (χ4n) is 5.69. The number of nitrogens with zero attached hydrogens (tertiary/aromatic N) is 2. The van der Waals surface area contributed by atoms with E-state index in [-0.39, 0.29) is 46.0 Å². The van der Waals surface area contributed by atoms with Crippen molar-refractivity contribution in [2.75, 3.05) is 6.61 Å². The van der Waals surface area contributed by atoms with Gasteiger partial charge in [-0.25, -0.2) is 9.79 Å². The van der Waals surface area contributed by atoms with Gasteiger partial charge in [0.1, 0.15) is 29.5 Å². The van der Waals surface area contributed by atoms with E-state index >= 15 is 0 Å². The summed E-state index contributed by atoms with van der Waals surface area (Å²) in [6.07, 6.45) is 5.16. The third-order valence-electron chi connectivity index (χ3n) is 8.14. The van der Waals surface area contributed by atoms with Crippen LogP contribution in [0.1, 0.15) is 124 Å². The zero-order valence-electron chi connectivity index (χ0n) is 29.1. The molecular weight excluding hydrogens is 548 g/mol. The summed E-state index contributed by atoms with van der Waals surface area (Å²) in [5.74, 6) is -0.00421. The summed E-state index contributed by atoms with van der Waals surface area (Å²) in [5.41, 5.74) is 4.19. The molecule has 0 radical (unpaired) electrons. The summed E-state index contributed by atoms with van der Waals surface area (Å²) < 4.78 is 5.30. The van der Waals surface area contributed by atoms with Crippen LogP contribution in [0.4, 0.5) is 5.69 Å². The second kappa shape index (κ2) is 13.8. The molecule has 2 aromatic rings. The van der Waals surface area contributed by atoms with Crippen LogP contribution in [0.2, 0.25) is 0 Å². The van der Waals surface area contributed by atoms with Gasteiger partial charge in [-0.15, -0.1) is 0 Å². The van der Waals surface area contributed by atoms with Crippen LogP contribution in [-0.2, 0) is 33.3 Å². The van der Waals surface area contributed by atoms with Crippen molar-refractivity contribution in [3.63, 3.8) is 0 Å². The minimum Gasteiger partial charge on any atom is -0.508 e. The Hall–Kier alpha value is -3.28. The number of carbonyl (C=O) groups is 1. The number of aromatic hydroxyl groups is 1. The summed E-state index contributed by atoms with van der Waals surface area (Å²) in [4.78, 5) is 20.5. The molecule has 0 aliphatic carbocycles. The largest absolute Gasteiger partial charge is 0.508 e. The van der Waals surface area contributed by atoms with E-state index in [4.69, 9.17) is 9.73 Å². The van der Waals surface area contributed by atoms with E-state index in [9.17, 15) is 15.0 Å². The molecule has 1 heterocycles. The van der Waals surface area contributed by atoms with Gasteiger partial charge in [-0.2, -0.15) is 0 Å². The molecule has 3 rings (SSSR count). The molecule has 0 saturated heterocycles. The van der Waals surface area contributed by atoms with Crippen molar-refractivity contribution in [2.45, 2.75) is 132 Å². The lowest BCUT2D eigenvalue weighted by atomic mass is 9.79. The highest BCUT2D eigenvalue weighted by Gasteiger charge is 2.35. The maximum atomic E-state index is 13.2. The second-order valence-electron chi connectivity index (χ2n) is 15.7. The first kappa shape index (κ1) is 35.2. The number of esters is 1. The van der Waals surface area contributed by atoms with Crippen LogP contribution in [0.3, 0.4) is 0 Å². The number of benzene rings is 2. The molecule has 0 aromatic heterocycles. The molecule has 44 heavy (non-hydrogen) atoms. The van der Waals surface area contributed by atoms with Gasteiger partial charge in [0.15, 0.2) is 0 Å². The Kier molecular flexibility index (Phi) is 11.0. The van der Waals surface area contributed by atoms with E-state index < -0.39 is 5.97 Å². The van der Waals surface area contributed by atoms with Gasteiger partial charge in [0.2, 0.25) is 0 Å². The van der Waals surface area contributed by atoms with Crippen LogP contribution in [-0.4, -0.2) is 39.6 Å². The van der Waals surface area contributed by atoms with Crippen molar-refractivity contribution in [2.24, 2.45) is 10.4 Å². The Balaban J connectivity index is 2.24. The fourth-order valence-corrected chi connectivity index (χ4v) is 5.69. The van der Waals surface area contributed by atoms with Crippen molar-refractivity contribution in [3.8, 4) is 5.75 Å². The quantitative estimate of drug-likeness (QED) is 0.122. The molecule has 0 fully saturated rings. The molecule has 1 aliphatic heterocycles. The zero-order valence-corrected chi connectivity index (χ0v) is 29.1. The lowest BCUT2D eigenvalue weighted by molar-refractivity contribution is -0.135. The molecule has 1 atom stereocenters. The first-order valence-corrected chi connectivity index (χ1v) is 16.2. The van der Waals surface area contributed by atoms with Crippen molar-refractivity contribution >= 4 is 17.5 Å². The van der Waals surface area contributed by atoms with Gasteiger partial charge >= 0.3 is 5.97 Å². The van der Waals surface area contributed by atoms with Crippen LogP contribution < -0.4 is 0 Å². The molecule has 1 unspecified atom stereocenters. The number of ether oxygens (including phenoxy) is 1. The highest BCUT2D eigenvalue weighted by molar-refractivity contribution is 6.20. The number of phenols is 1. The standard InChI is InChI=1S/C38H56N2O4/c1-12-13-14-15-25(2)40(23-27-18-16-26(17-19-27)22-36(3,4)5)34(32-31(41)24-44-35(32)43)39-28-20-29(37(6,7)8)33(42)30(21-28)38(9,10)11/h16-21,25,41-42H,12-15,22-24H2,1-11H3. The first-order valence-electron chi connectivity index (χ1n) is 16.2. The maximum Gasteiger partial charge on any atom is 0.345 e. The Morgan fingerprint density at radius 1 is 0.909 bits per heavy atom. The molecule has 1 aliphatic rings. The van der Waals surface area contributed by atoms with Crippen molar-refractivity contribution in [1.29, 1.82) is 0 Å². The van der Waals surface area contributed by atoms with Gasteiger partial charge in [0.05, 0.1) is 5.69 Å². The highest BCUT2D eigenvalue weighted by atomic mass is 16.5. The van der Waals surface area contributed by atoms with Crippen LogP contribution in [0.25, 0.3) is 0 Å². The van der Waals surface area contributed by atoms with Crippen molar-refractivity contribution in [1.82, 2.24) is 4.90 Å². The number of hydrogen-bond donors (Lipinski definition) is 2. The van der Waals surface area contributed by atoms with Gasteiger partial charge in [0, 0.05) is 23.7 Å². The van der Waals surface area contributed by atoms with E-state index in [1.165, 1.54) is 5.56 Å². The molecular formula is C38H56N2O4. The van der Waals surface area contributed by atoms with Gasteiger partial charge < -0.3 is 19.8 Å². The predicted octanol–water partition coefficient (Wildman–Crippen LogP) is 9.45. The Morgan fingerprint density at radius 3 is 1.91 bits per heavy atom. The maximum absolute atomic E-state index is 13.2. The van der Waals surface area contributed by atoms with Gasteiger partial charge in [-0.1, -0.05) is 113 Å². The number of amidine groups is 1. The van der Waals surface area contributed by atoms with Gasteiger partial charge in [-0.3, -0.25) is 0 Å². The van der Waals surface area contributed by atoms with Gasteiger partial charge in [-0.05, 0) is 59.3 Å². The van der Waals surface area contributed by atoms with Crippen LogP contribution in [0.15, 0.2) is 52.7 Å². The zero-order chi connectivity index (χ0) is 33.0. The molecule has 6 nitrogen and oxygen atoms in total. The number of phenolic OH excluding ortho intramolecular Hbond substituents is 1. The van der Waals surface area contributed by atoms with Gasteiger partial charge in [0.25, 0.3) is 0 Å². The number of cyclic esters (lactones) is 1. The Labute approximate surface area is 266 Å². The third-order valence-corrected chi connectivity index (χ3v) is 8.14. The average Bonchev–Trinajstić information content (AvgIpc) is 3.23. The SMILES string of the molecule is CCCCCC(C)N(Cc1ccc(CC(C)(C)C)cc1)C(=Nc1cc(C(C)(C)C)c(O)c(C(C)(C)C)c1)C1=C(O)COC1=O. The number of rotatable bonds is 10. The third kappa shape index (κ3) is 9.12. The summed E-state index contributed by atoms with van der Waals surface area (Å²) in [7, 11) is 0. The van der Waals surface area contributed by atoms with Crippen molar-refractivity contribution < 1.29 is 19.7 Å². The number of unbranched alkanes of at least 4 members (excludes halogenated alkanes) is 2. The minimum absolute atomic E-state index is 0.0320. The van der Waals surface area contributed by atoms with E-state index in [0.717, 1.165) is 48.8 Å². The monoisotopic (exact) mass is 604 g/mol. The summed E-state index contributed by atoms with van der Waals surface area (Å²) in [5, 5.41) is 22.3. The Bertz CT molecular complexity index is 1330. The number of aliphatic imine (C=N–C) groups is 1.